The molecule has 0 aliphatic carbocycles. The number of hydrogen-bond acceptors (Lipinski definition) is 11. The van der Waals surface area contributed by atoms with Crippen molar-refractivity contribution in [2.45, 2.75) is 0 Å². The molecule has 3 aromatic heterocycles. The Labute approximate surface area is 247 Å². The van der Waals surface area contributed by atoms with Crippen molar-refractivity contribution in [2.24, 2.45) is 0 Å². The molecule has 218 valence electrons. The van der Waals surface area contributed by atoms with E-state index in [0.717, 1.165) is 13.1 Å². The fourth-order valence-electron chi connectivity index (χ4n) is 4.63. The Bertz CT molecular complexity index is 1880. The number of likely N-dealkylation sites (N-methyl/N-ethyl adjacent to an activating group) is 1. The molecule has 2 N–H and O–H groups in total. The molecule has 0 bridgehead atoms. The van der Waals surface area contributed by atoms with Crippen LogP contribution < -0.4 is 10.2 Å². The number of furan rings is 1. The number of phenols is 1. The third kappa shape index (κ3) is 5.91. The van der Waals surface area contributed by atoms with Crippen LogP contribution in [0.15, 0.2) is 58.3 Å². The highest BCUT2D eigenvalue weighted by atomic mass is 32.1. The quantitative estimate of drug-likeness (QED) is 0.186. The number of aromatic nitrogens is 3. The van der Waals surface area contributed by atoms with Crippen molar-refractivity contribution in [3.8, 4) is 16.3 Å². The number of anilines is 2. The number of rotatable bonds is 7. The summed E-state index contributed by atoms with van der Waals surface area (Å²) in [6.45, 7) is 2.81. The number of carbonyl (C=O) groups is 1. The van der Waals surface area contributed by atoms with Gasteiger partial charge in [0, 0.05) is 43.0 Å². The second kappa shape index (κ2) is 11.6. The number of amides is 1. The van der Waals surface area contributed by atoms with Crippen molar-refractivity contribution in [1.82, 2.24) is 19.9 Å². The van der Waals surface area contributed by atoms with Gasteiger partial charge in [-0.3, -0.25) is 14.9 Å². The molecule has 0 saturated carbocycles. The summed E-state index contributed by atoms with van der Waals surface area (Å²) in [5, 5.41) is 26.4. The molecule has 6 rings (SSSR count). The number of nitrogens with one attached hydrogen (secondary N) is 1. The predicted octanol–water partition coefficient (Wildman–Crippen LogP) is 5.27. The summed E-state index contributed by atoms with van der Waals surface area (Å²) in [7, 11) is 2.01. The highest BCUT2D eigenvalue weighted by Crippen LogP contribution is 2.33. The fraction of sp³-hybridized carbons (Fsp3) is 0.172. The maximum Gasteiger partial charge on any atom is 0.433 e. The molecule has 1 aliphatic rings. The predicted molar refractivity (Wildman–Crippen MR) is 161 cm³/mol. The molecule has 4 heterocycles. The van der Waals surface area contributed by atoms with E-state index >= 15 is 4.39 Å². The van der Waals surface area contributed by atoms with E-state index in [-0.39, 0.29) is 34.4 Å². The molecule has 14 heteroatoms. The lowest BCUT2D eigenvalue weighted by molar-refractivity contribution is -0.402. The Hall–Kier alpha value is -5.21. The van der Waals surface area contributed by atoms with Gasteiger partial charge in [-0.2, -0.15) is 0 Å². The van der Waals surface area contributed by atoms with Crippen LogP contribution in [0.3, 0.4) is 0 Å². The molecule has 1 aliphatic heterocycles. The monoisotopic (exact) mass is 601 g/mol. The van der Waals surface area contributed by atoms with E-state index in [2.05, 4.69) is 25.2 Å². The largest absolute Gasteiger partial charge is 0.507 e. The number of nitro groups is 1. The number of aromatic hydroxyl groups is 1. The average Bonchev–Trinajstić information content (AvgIpc) is 3.67. The van der Waals surface area contributed by atoms with Gasteiger partial charge in [-0.25, -0.2) is 19.3 Å². The van der Waals surface area contributed by atoms with E-state index in [0.29, 0.717) is 34.7 Å². The van der Waals surface area contributed by atoms with Gasteiger partial charge in [0.05, 0.1) is 22.8 Å². The molecule has 43 heavy (non-hydrogen) atoms. The molecule has 1 amide bonds. The Morgan fingerprint density at radius 2 is 1.91 bits per heavy atom. The zero-order valence-electron chi connectivity index (χ0n) is 22.7. The lowest BCUT2D eigenvalue weighted by atomic mass is 10.1. The standard InChI is InChI=1S/C29H24FN7O5S/c1-35-10-12-36(13-11-35)23-14-19-21(15-20(23)30)31-25(8-6-17-7-9-26(42-17)37(40)41)33-27(19)34-28(39)22-16-43-29(32-22)18-4-2-3-5-24(18)38/h2-9,14-16,38H,10-13H2,1H3,(H,31,33,34,39). The first kappa shape index (κ1) is 27.9. The molecule has 0 radical (unpaired) electrons. The number of benzene rings is 2. The summed E-state index contributed by atoms with van der Waals surface area (Å²) in [6, 6.07) is 12.3. The van der Waals surface area contributed by atoms with E-state index in [1.807, 2.05) is 11.9 Å². The number of hydrogen-bond donors (Lipinski definition) is 2. The van der Waals surface area contributed by atoms with Gasteiger partial charge in [-0.1, -0.05) is 12.1 Å². The van der Waals surface area contributed by atoms with Gasteiger partial charge in [0.15, 0.2) is 5.82 Å². The Kier molecular flexibility index (Phi) is 7.52. The number of piperazine rings is 1. The third-order valence-corrected chi connectivity index (χ3v) is 7.79. The summed E-state index contributed by atoms with van der Waals surface area (Å²) in [6.07, 6.45) is 2.89. The lowest BCUT2D eigenvalue weighted by Gasteiger charge is -2.34. The first-order valence-corrected chi connectivity index (χ1v) is 14.1. The normalized spacial score (nSPS) is 14.0. The molecule has 12 nitrogen and oxygen atoms in total. The van der Waals surface area contributed by atoms with Crippen LogP contribution in [0.4, 0.5) is 21.8 Å². The average molecular weight is 602 g/mol. The van der Waals surface area contributed by atoms with E-state index in [1.165, 1.54) is 47.8 Å². The highest BCUT2D eigenvalue weighted by molar-refractivity contribution is 7.13. The Balaban J connectivity index is 1.37. The highest BCUT2D eigenvalue weighted by Gasteiger charge is 2.22. The van der Waals surface area contributed by atoms with Crippen molar-refractivity contribution in [3.05, 3.63) is 87.1 Å². The van der Waals surface area contributed by atoms with E-state index < -0.39 is 22.5 Å². The minimum absolute atomic E-state index is 0.0439. The van der Waals surface area contributed by atoms with Crippen molar-refractivity contribution in [1.29, 1.82) is 0 Å². The lowest BCUT2D eigenvalue weighted by Crippen LogP contribution is -2.44. The summed E-state index contributed by atoms with van der Waals surface area (Å²) in [4.78, 5) is 41.1. The maximum atomic E-state index is 15.4. The minimum atomic E-state index is -0.652. The fourth-order valence-corrected chi connectivity index (χ4v) is 5.46. The third-order valence-electron chi connectivity index (χ3n) is 6.92. The van der Waals surface area contributed by atoms with Gasteiger partial charge in [-0.15, -0.1) is 11.3 Å². The molecule has 5 aromatic rings. The number of carbonyl (C=O) groups excluding carboxylic acids is 1. The van der Waals surface area contributed by atoms with Gasteiger partial charge in [0.1, 0.15) is 38.8 Å². The zero-order chi connectivity index (χ0) is 30.1. The van der Waals surface area contributed by atoms with Gasteiger partial charge >= 0.3 is 5.88 Å². The first-order valence-electron chi connectivity index (χ1n) is 13.2. The van der Waals surface area contributed by atoms with Gasteiger partial charge in [-0.05, 0) is 43.5 Å². The first-order chi connectivity index (χ1) is 20.7. The van der Waals surface area contributed by atoms with Crippen LogP contribution in [0.2, 0.25) is 0 Å². The molecule has 0 unspecified atom stereocenters. The number of thiazole rings is 1. The summed E-state index contributed by atoms with van der Waals surface area (Å²) >= 11 is 1.20. The number of phenolic OH excluding ortho intramolecular Hbond substituents is 1. The van der Waals surface area contributed by atoms with Crippen LogP contribution in [0.5, 0.6) is 5.75 Å². The molecule has 0 atom stereocenters. The minimum Gasteiger partial charge on any atom is -0.507 e. The van der Waals surface area contributed by atoms with Crippen LogP contribution in [0, 0.1) is 15.9 Å². The Morgan fingerprint density at radius 3 is 2.65 bits per heavy atom. The summed E-state index contributed by atoms with van der Waals surface area (Å²) in [5.41, 5.74) is 1.23. The summed E-state index contributed by atoms with van der Waals surface area (Å²) in [5.74, 6) is -0.957. The van der Waals surface area contributed by atoms with Crippen molar-refractivity contribution in [3.63, 3.8) is 0 Å². The van der Waals surface area contributed by atoms with E-state index in [1.54, 1.807) is 29.6 Å². The molecule has 1 fully saturated rings. The van der Waals surface area contributed by atoms with E-state index in [9.17, 15) is 20.0 Å². The number of fused-ring (bicyclic) bond motifs is 1. The molecular weight excluding hydrogens is 577 g/mol. The molecule has 0 spiro atoms. The van der Waals surface area contributed by atoms with Crippen LogP contribution >= 0.6 is 11.3 Å². The number of nitrogens with zero attached hydrogens (tertiary/aromatic N) is 6. The van der Waals surface area contributed by atoms with Crippen LogP contribution in [-0.4, -0.2) is 69.0 Å². The van der Waals surface area contributed by atoms with Crippen LogP contribution in [-0.2, 0) is 0 Å². The maximum absolute atomic E-state index is 15.4. The SMILES string of the molecule is CN1CCN(c2cc3c(NC(=O)c4csc(-c5ccccc5O)n4)nc(C=Cc4ccc([N+](=O)[O-])o4)nc3cc2F)CC1. The molecular formula is C29H24FN7O5S. The van der Waals surface area contributed by atoms with Crippen LogP contribution in [0.25, 0.3) is 33.6 Å². The van der Waals surface area contributed by atoms with Crippen molar-refractivity contribution < 1.29 is 23.6 Å². The van der Waals surface area contributed by atoms with E-state index in [4.69, 9.17) is 4.42 Å². The smallest absolute Gasteiger partial charge is 0.433 e. The van der Waals surface area contributed by atoms with Gasteiger partial charge in [0.2, 0.25) is 0 Å². The van der Waals surface area contributed by atoms with Crippen LogP contribution in [0.1, 0.15) is 22.1 Å². The van der Waals surface area contributed by atoms with Gasteiger partial charge in [0.25, 0.3) is 5.91 Å². The Morgan fingerprint density at radius 1 is 1.12 bits per heavy atom. The topological polar surface area (TPSA) is 151 Å². The van der Waals surface area contributed by atoms with Crippen molar-refractivity contribution >= 4 is 57.7 Å². The number of para-hydroxylation sites is 1. The second-order valence-electron chi connectivity index (χ2n) is 9.82. The summed E-state index contributed by atoms with van der Waals surface area (Å²) < 4.78 is 20.5. The van der Waals surface area contributed by atoms with Crippen molar-refractivity contribution in [2.75, 3.05) is 43.4 Å². The molecule has 2 aromatic carbocycles. The zero-order valence-corrected chi connectivity index (χ0v) is 23.5. The molecule has 1 saturated heterocycles. The van der Waals surface area contributed by atoms with Gasteiger partial charge < -0.3 is 24.6 Å². The number of halogens is 1. The second-order valence-corrected chi connectivity index (χ2v) is 10.7.